The molecule has 0 bridgehead atoms. The van der Waals surface area contributed by atoms with Crippen LogP contribution in [0, 0.1) is 11.3 Å². The zero-order valence-corrected chi connectivity index (χ0v) is 7.02. The number of nitrogens with one attached hydrogen (secondary N) is 1. The van der Waals surface area contributed by atoms with E-state index in [0.717, 1.165) is 13.0 Å². The highest BCUT2D eigenvalue weighted by molar-refractivity contribution is 5.88. The van der Waals surface area contributed by atoms with E-state index in [2.05, 4.69) is 12.2 Å². The molecule has 1 saturated carbocycles. The SMILES string of the molecule is CCCCC12CC1CNC2=O. The van der Waals surface area contributed by atoms with E-state index in [1.165, 1.54) is 19.3 Å². The summed E-state index contributed by atoms with van der Waals surface area (Å²) in [5.74, 6) is 1.03. The van der Waals surface area contributed by atoms with E-state index in [-0.39, 0.29) is 5.41 Å². The molecule has 1 aliphatic heterocycles. The number of carbonyl (C=O) groups is 1. The molecule has 0 aromatic carbocycles. The van der Waals surface area contributed by atoms with E-state index in [1.807, 2.05) is 0 Å². The minimum absolute atomic E-state index is 0.121. The molecule has 1 saturated heterocycles. The lowest BCUT2D eigenvalue weighted by molar-refractivity contribution is -0.124. The lowest BCUT2D eigenvalue weighted by atomic mass is 9.98. The number of rotatable bonds is 3. The molecule has 2 nitrogen and oxygen atoms in total. The normalized spacial score (nSPS) is 40.1. The first-order valence-electron chi connectivity index (χ1n) is 4.58. The van der Waals surface area contributed by atoms with E-state index in [1.54, 1.807) is 0 Å². The van der Waals surface area contributed by atoms with Gasteiger partial charge in [-0.1, -0.05) is 19.8 Å². The van der Waals surface area contributed by atoms with Crippen LogP contribution in [0.1, 0.15) is 32.6 Å². The van der Waals surface area contributed by atoms with Crippen molar-refractivity contribution in [3.63, 3.8) is 0 Å². The standard InChI is InChI=1S/C9H15NO/c1-2-3-4-9-5-7(9)6-10-8(9)11/h7H,2-6H2,1H3,(H,10,11). The number of unbranched alkanes of at least 4 members (excludes halogenated alkanes) is 1. The van der Waals surface area contributed by atoms with Gasteiger partial charge in [-0.3, -0.25) is 4.79 Å². The highest BCUT2D eigenvalue weighted by atomic mass is 16.2. The Labute approximate surface area is 67.4 Å². The van der Waals surface area contributed by atoms with E-state index >= 15 is 0 Å². The summed E-state index contributed by atoms with van der Waals surface area (Å²) in [5, 5.41) is 2.93. The third-order valence-electron chi connectivity index (χ3n) is 3.17. The van der Waals surface area contributed by atoms with Crippen LogP contribution in [0.3, 0.4) is 0 Å². The average Bonchev–Trinajstić information content (AvgIpc) is 2.65. The highest BCUT2D eigenvalue weighted by Crippen LogP contribution is 2.58. The van der Waals surface area contributed by atoms with Crippen LogP contribution < -0.4 is 5.32 Å². The molecule has 2 atom stereocenters. The Morgan fingerprint density at radius 2 is 2.55 bits per heavy atom. The molecule has 2 aliphatic rings. The van der Waals surface area contributed by atoms with Crippen LogP contribution in [-0.4, -0.2) is 12.5 Å². The van der Waals surface area contributed by atoms with Crippen molar-refractivity contribution in [2.75, 3.05) is 6.54 Å². The molecule has 2 heteroatoms. The molecule has 2 fully saturated rings. The quantitative estimate of drug-likeness (QED) is 0.650. The van der Waals surface area contributed by atoms with Crippen LogP contribution in [0.4, 0.5) is 0 Å². The lowest BCUT2D eigenvalue weighted by Gasteiger charge is -2.07. The van der Waals surface area contributed by atoms with E-state index in [9.17, 15) is 4.79 Å². The van der Waals surface area contributed by atoms with Gasteiger partial charge >= 0.3 is 0 Å². The Bertz CT molecular complexity index is 190. The minimum atomic E-state index is 0.121. The lowest BCUT2D eigenvalue weighted by Crippen LogP contribution is -2.25. The Hall–Kier alpha value is -0.530. The van der Waals surface area contributed by atoms with Crippen molar-refractivity contribution >= 4 is 5.91 Å². The molecule has 1 N–H and O–H groups in total. The molecule has 11 heavy (non-hydrogen) atoms. The summed E-state index contributed by atoms with van der Waals surface area (Å²) < 4.78 is 0. The second kappa shape index (κ2) is 2.23. The Morgan fingerprint density at radius 1 is 1.73 bits per heavy atom. The molecule has 2 unspecified atom stereocenters. The van der Waals surface area contributed by atoms with E-state index < -0.39 is 0 Å². The molecule has 1 aliphatic carbocycles. The fourth-order valence-corrected chi connectivity index (χ4v) is 2.23. The van der Waals surface area contributed by atoms with Gasteiger partial charge < -0.3 is 5.32 Å². The van der Waals surface area contributed by atoms with Crippen molar-refractivity contribution < 1.29 is 4.79 Å². The molecule has 0 aromatic heterocycles. The number of fused-ring (bicyclic) bond motifs is 1. The number of piperidine rings is 1. The van der Waals surface area contributed by atoms with E-state index in [4.69, 9.17) is 0 Å². The van der Waals surface area contributed by atoms with Crippen LogP contribution >= 0.6 is 0 Å². The van der Waals surface area contributed by atoms with Crippen molar-refractivity contribution in [3.05, 3.63) is 0 Å². The summed E-state index contributed by atoms with van der Waals surface area (Å²) in [6, 6.07) is 0. The monoisotopic (exact) mass is 153 g/mol. The number of carbonyl (C=O) groups excluding carboxylic acids is 1. The Balaban J connectivity index is 1.96. The van der Waals surface area contributed by atoms with Crippen molar-refractivity contribution in [3.8, 4) is 0 Å². The molecule has 1 amide bonds. The van der Waals surface area contributed by atoms with E-state index in [0.29, 0.717) is 11.8 Å². The fraction of sp³-hybridized carbons (Fsp3) is 0.889. The van der Waals surface area contributed by atoms with Crippen LogP contribution in [0.2, 0.25) is 0 Å². The van der Waals surface area contributed by atoms with Crippen LogP contribution in [-0.2, 0) is 4.79 Å². The molecule has 62 valence electrons. The fourth-order valence-electron chi connectivity index (χ4n) is 2.23. The van der Waals surface area contributed by atoms with Crippen molar-refractivity contribution in [1.29, 1.82) is 0 Å². The van der Waals surface area contributed by atoms with Gasteiger partial charge in [-0.15, -0.1) is 0 Å². The predicted molar refractivity (Wildman–Crippen MR) is 43.1 cm³/mol. The first-order valence-corrected chi connectivity index (χ1v) is 4.58. The Kier molecular flexibility index (Phi) is 1.44. The minimum Gasteiger partial charge on any atom is -0.355 e. The Morgan fingerprint density at radius 3 is 3.00 bits per heavy atom. The third-order valence-corrected chi connectivity index (χ3v) is 3.17. The molecule has 0 spiro atoms. The zero-order chi connectivity index (χ0) is 7.90. The van der Waals surface area contributed by atoms with Gasteiger partial charge in [-0.2, -0.15) is 0 Å². The van der Waals surface area contributed by atoms with Gasteiger partial charge in [0.2, 0.25) is 5.91 Å². The van der Waals surface area contributed by atoms with Gasteiger partial charge in [0, 0.05) is 6.54 Å². The maximum atomic E-state index is 11.3. The molecular weight excluding hydrogens is 138 g/mol. The number of amides is 1. The summed E-state index contributed by atoms with van der Waals surface area (Å²) in [6.45, 7) is 3.13. The van der Waals surface area contributed by atoms with Crippen LogP contribution in [0.25, 0.3) is 0 Å². The van der Waals surface area contributed by atoms with Gasteiger partial charge in [-0.05, 0) is 18.8 Å². The molecule has 0 radical (unpaired) electrons. The summed E-state index contributed by atoms with van der Waals surface area (Å²) in [5.41, 5.74) is 0.121. The van der Waals surface area contributed by atoms with Gasteiger partial charge in [0.15, 0.2) is 0 Å². The third kappa shape index (κ3) is 0.883. The second-order valence-electron chi connectivity index (χ2n) is 3.87. The highest BCUT2D eigenvalue weighted by Gasteiger charge is 2.62. The van der Waals surface area contributed by atoms with Crippen LogP contribution in [0.5, 0.6) is 0 Å². The summed E-state index contributed by atoms with van der Waals surface area (Å²) in [7, 11) is 0. The molecular formula is C9H15NO. The largest absolute Gasteiger partial charge is 0.355 e. The first-order chi connectivity index (χ1) is 5.29. The smallest absolute Gasteiger partial charge is 0.226 e. The summed E-state index contributed by atoms with van der Waals surface area (Å²) >= 11 is 0. The molecule has 0 aromatic rings. The maximum Gasteiger partial charge on any atom is 0.226 e. The summed E-state index contributed by atoms with van der Waals surface area (Å²) in [6.07, 6.45) is 4.71. The topological polar surface area (TPSA) is 29.1 Å². The van der Waals surface area contributed by atoms with Crippen molar-refractivity contribution in [2.45, 2.75) is 32.6 Å². The van der Waals surface area contributed by atoms with Gasteiger partial charge in [0.1, 0.15) is 0 Å². The molecule has 1 heterocycles. The maximum absolute atomic E-state index is 11.3. The van der Waals surface area contributed by atoms with Crippen molar-refractivity contribution in [1.82, 2.24) is 5.32 Å². The summed E-state index contributed by atoms with van der Waals surface area (Å²) in [4.78, 5) is 11.3. The first kappa shape index (κ1) is 7.14. The van der Waals surface area contributed by atoms with Gasteiger partial charge in [-0.25, -0.2) is 0 Å². The average molecular weight is 153 g/mol. The molecule has 2 rings (SSSR count). The predicted octanol–water partition coefficient (Wildman–Crippen LogP) is 1.31. The second-order valence-corrected chi connectivity index (χ2v) is 3.87. The van der Waals surface area contributed by atoms with Crippen LogP contribution in [0.15, 0.2) is 0 Å². The van der Waals surface area contributed by atoms with Gasteiger partial charge in [0.25, 0.3) is 0 Å². The number of hydrogen-bond acceptors (Lipinski definition) is 1. The van der Waals surface area contributed by atoms with Crippen molar-refractivity contribution in [2.24, 2.45) is 11.3 Å². The zero-order valence-electron chi connectivity index (χ0n) is 7.02. The number of hydrogen-bond donors (Lipinski definition) is 1. The van der Waals surface area contributed by atoms with Gasteiger partial charge in [0.05, 0.1) is 5.41 Å².